The van der Waals surface area contributed by atoms with Crippen LogP contribution in [0.2, 0.25) is 0 Å². The number of nitrogens with one attached hydrogen (secondary N) is 1. The summed E-state index contributed by atoms with van der Waals surface area (Å²) in [4.78, 5) is 27.7. The summed E-state index contributed by atoms with van der Waals surface area (Å²) in [6.45, 7) is 5.21. The number of phosphoric ester groups is 1. The fourth-order valence-corrected chi connectivity index (χ4v) is 2.61. The smallest absolute Gasteiger partial charge is 0.333 e. The molecule has 0 bridgehead atoms. The van der Waals surface area contributed by atoms with Gasteiger partial charge in [-0.2, -0.15) is 0 Å². The lowest BCUT2D eigenvalue weighted by molar-refractivity contribution is -0.870. The zero-order chi connectivity index (χ0) is 20.5. The zero-order valence-corrected chi connectivity index (χ0v) is 17.1. The number of likely N-dealkylation sites (N-methyl/N-ethyl adjacent to an activating group) is 1. The molecule has 0 aliphatic heterocycles. The summed E-state index contributed by atoms with van der Waals surface area (Å²) in [5, 5.41) is 2.93. The number of carbonyl (C=O) groups is 1. The number of hydrogen-bond donors (Lipinski definition) is 1. The molecule has 0 saturated heterocycles. The normalized spacial score (nSPS) is 14.9. The SMILES string of the molecule is C=C(C)C(=O)OCC(CNc1ccccn1)OP(=O)([O-])OCC[N+](C)(C)C. The van der Waals surface area contributed by atoms with Crippen molar-refractivity contribution in [3.8, 4) is 0 Å². The fraction of sp³-hybridized carbons (Fsp3) is 0.529. The van der Waals surface area contributed by atoms with Crippen molar-refractivity contribution < 1.29 is 32.5 Å². The molecule has 0 aliphatic carbocycles. The quantitative estimate of drug-likeness (QED) is 0.241. The molecule has 10 heteroatoms. The minimum atomic E-state index is -4.57. The molecule has 2 atom stereocenters. The van der Waals surface area contributed by atoms with E-state index in [1.165, 1.54) is 6.92 Å². The van der Waals surface area contributed by atoms with Gasteiger partial charge in [0.2, 0.25) is 0 Å². The number of pyridine rings is 1. The molecule has 1 aromatic heterocycles. The number of hydrogen-bond acceptors (Lipinski definition) is 8. The number of rotatable bonds is 12. The van der Waals surface area contributed by atoms with Crippen LogP contribution in [0.1, 0.15) is 6.92 Å². The number of quaternary nitrogens is 1. The Morgan fingerprint density at radius 3 is 2.67 bits per heavy atom. The van der Waals surface area contributed by atoms with E-state index >= 15 is 0 Å². The molecule has 1 N–H and O–H groups in total. The van der Waals surface area contributed by atoms with E-state index < -0.39 is 19.9 Å². The first kappa shape index (κ1) is 23.3. The van der Waals surface area contributed by atoms with Crippen LogP contribution in [0.25, 0.3) is 0 Å². The summed E-state index contributed by atoms with van der Waals surface area (Å²) in [5.74, 6) is -0.0999. The van der Waals surface area contributed by atoms with Gasteiger partial charge in [-0.1, -0.05) is 12.6 Å². The molecule has 0 spiro atoms. The summed E-state index contributed by atoms with van der Waals surface area (Å²) in [7, 11) is 1.17. The van der Waals surface area contributed by atoms with Crippen LogP contribution < -0.4 is 10.2 Å². The van der Waals surface area contributed by atoms with Crippen LogP contribution in [-0.2, 0) is 23.1 Å². The molecule has 0 aromatic carbocycles. The van der Waals surface area contributed by atoms with Crippen molar-refractivity contribution in [3.63, 3.8) is 0 Å². The van der Waals surface area contributed by atoms with Gasteiger partial charge < -0.3 is 28.5 Å². The second-order valence-electron chi connectivity index (χ2n) is 7.00. The second kappa shape index (κ2) is 10.5. The van der Waals surface area contributed by atoms with Crippen molar-refractivity contribution in [2.45, 2.75) is 13.0 Å². The fourth-order valence-electron chi connectivity index (χ4n) is 1.74. The third-order valence-corrected chi connectivity index (χ3v) is 4.27. The molecule has 0 fully saturated rings. The van der Waals surface area contributed by atoms with Gasteiger partial charge >= 0.3 is 5.97 Å². The monoisotopic (exact) mass is 401 g/mol. The zero-order valence-electron chi connectivity index (χ0n) is 16.2. The number of aromatic nitrogens is 1. The van der Waals surface area contributed by atoms with Gasteiger partial charge in [-0.15, -0.1) is 0 Å². The Kier molecular flexibility index (Phi) is 9.08. The molecular weight excluding hydrogens is 373 g/mol. The maximum Gasteiger partial charge on any atom is 0.333 e. The summed E-state index contributed by atoms with van der Waals surface area (Å²) in [6.07, 6.45) is 0.605. The van der Waals surface area contributed by atoms with Crippen molar-refractivity contribution in [3.05, 3.63) is 36.5 Å². The third kappa shape index (κ3) is 10.8. The Balaban J connectivity index is 2.66. The first-order chi connectivity index (χ1) is 12.5. The predicted octanol–water partition coefficient (Wildman–Crippen LogP) is 1.19. The molecule has 0 aliphatic rings. The average molecular weight is 401 g/mol. The lowest BCUT2D eigenvalue weighted by atomic mass is 10.3. The highest BCUT2D eigenvalue weighted by molar-refractivity contribution is 7.45. The molecule has 0 saturated carbocycles. The van der Waals surface area contributed by atoms with Crippen molar-refractivity contribution in [1.82, 2.24) is 4.98 Å². The van der Waals surface area contributed by atoms with Gasteiger partial charge in [0.15, 0.2) is 0 Å². The van der Waals surface area contributed by atoms with Crippen LogP contribution in [0.3, 0.4) is 0 Å². The number of carbonyl (C=O) groups excluding carboxylic acids is 1. The maximum atomic E-state index is 12.1. The van der Waals surface area contributed by atoms with Gasteiger partial charge in [0.25, 0.3) is 7.82 Å². The number of nitrogens with zero attached hydrogens (tertiary/aromatic N) is 2. The van der Waals surface area contributed by atoms with Gasteiger partial charge in [0.1, 0.15) is 31.7 Å². The minimum Gasteiger partial charge on any atom is -0.756 e. The largest absolute Gasteiger partial charge is 0.756 e. The van der Waals surface area contributed by atoms with Crippen LogP contribution in [0, 0.1) is 0 Å². The van der Waals surface area contributed by atoms with E-state index in [1.54, 1.807) is 24.4 Å². The van der Waals surface area contributed by atoms with Crippen molar-refractivity contribution >= 4 is 19.6 Å². The van der Waals surface area contributed by atoms with Gasteiger partial charge in [-0.3, -0.25) is 4.57 Å². The lowest BCUT2D eigenvalue weighted by Gasteiger charge is -2.30. The second-order valence-corrected chi connectivity index (χ2v) is 8.36. The van der Waals surface area contributed by atoms with E-state index in [2.05, 4.69) is 16.9 Å². The number of anilines is 1. The van der Waals surface area contributed by atoms with E-state index in [4.69, 9.17) is 13.8 Å². The predicted molar refractivity (Wildman–Crippen MR) is 99.8 cm³/mol. The Bertz CT molecular complexity index is 662. The molecule has 1 heterocycles. The summed E-state index contributed by atoms with van der Waals surface area (Å²) >= 11 is 0. The van der Waals surface area contributed by atoms with E-state index in [0.717, 1.165) is 0 Å². The molecule has 152 valence electrons. The van der Waals surface area contributed by atoms with Crippen LogP contribution >= 0.6 is 7.82 Å². The van der Waals surface area contributed by atoms with Crippen molar-refractivity contribution in [2.75, 3.05) is 52.8 Å². The van der Waals surface area contributed by atoms with E-state index in [9.17, 15) is 14.3 Å². The van der Waals surface area contributed by atoms with Crippen LogP contribution in [0.4, 0.5) is 5.82 Å². The molecule has 27 heavy (non-hydrogen) atoms. The van der Waals surface area contributed by atoms with Crippen LogP contribution in [0.5, 0.6) is 0 Å². The lowest BCUT2D eigenvalue weighted by Crippen LogP contribution is -2.38. The summed E-state index contributed by atoms with van der Waals surface area (Å²) in [5.41, 5.74) is 0.205. The Morgan fingerprint density at radius 2 is 2.11 bits per heavy atom. The molecule has 9 nitrogen and oxygen atoms in total. The molecule has 1 aromatic rings. The standard InChI is InChI=1S/C17H28N3O6P/c1-14(2)17(21)24-13-15(12-19-16-8-6-7-9-18-16)26-27(22,23)25-11-10-20(3,4)5/h6-9,15H,1,10-13H2,2-5H3,(H-,18,19,22,23). The minimum absolute atomic E-state index is 0.0176. The van der Waals surface area contributed by atoms with Gasteiger partial charge in [0.05, 0.1) is 21.1 Å². The topological polar surface area (TPSA) is 110 Å². The third-order valence-electron chi connectivity index (χ3n) is 3.21. The van der Waals surface area contributed by atoms with Gasteiger partial charge in [0, 0.05) is 18.3 Å². The van der Waals surface area contributed by atoms with Gasteiger partial charge in [-0.05, 0) is 19.1 Å². The Morgan fingerprint density at radius 1 is 1.41 bits per heavy atom. The number of phosphoric acid groups is 1. The highest BCUT2D eigenvalue weighted by atomic mass is 31.2. The molecule has 0 radical (unpaired) electrons. The average Bonchev–Trinajstić information content (AvgIpc) is 2.56. The van der Waals surface area contributed by atoms with Crippen molar-refractivity contribution in [2.24, 2.45) is 0 Å². The first-order valence-electron chi connectivity index (χ1n) is 8.40. The Hall–Kier alpha value is -1.77. The molecular formula is C17H28N3O6P. The molecule has 2 unspecified atom stereocenters. The van der Waals surface area contributed by atoms with E-state index in [0.29, 0.717) is 16.8 Å². The first-order valence-corrected chi connectivity index (χ1v) is 9.86. The summed E-state index contributed by atoms with van der Waals surface area (Å²) < 4.78 is 27.6. The molecule has 1 rings (SSSR count). The van der Waals surface area contributed by atoms with Crippen LogP contribution in [0.15, 0.2) is 36.5 Å². The maximum absolute atomic E-state index is 12.1. The van der Waals surface area contributed by atoms with Crippen molar-refractivity contribution in [1.29, 1.82) is 0 Å². The highest BCUT2D eigenvalue weighted by Gasteiger charge is 2.21. The van der Waals surface area contributed by atoms with Crippen LogP contribution in [-0.4, -0.2) is 69.0 Å². The number of esters is 1. The highest BCUT2D eigenvalue weighted by Crippen LogP contribution is 2.39. The number of ether oxygens (including phenoxy) is 1. The Labute approximate surface area is 160 Å². The van der Waals surface area contributed by atoms with E-state index in [1.807, 2.05) is 21.1 Å². The van der Waals surface area contributed by atoms with E-state index in [-0.39, 0.29) is 25.3 Å². The molecule has 0 amide bonds. The van der Waals surface area contributed by atoms with Gasteiger partial charge in [-0.25, -0.2) is 9.78 Å². The summed E-state index contributed by atoms with van der Waals surface area (Å²) in [6, 6.07) is 5.24.